The van der Waals surface area contributed by atoms with Crippen molar-refractivity contribution in [3.8, 4) is 0 Å². The molecular weight excluding hydrogens is 145 g/mol. The van der Waals surface area contributed by atoms with Gasteiger partial charge in [-0.2, -0.15) is 8.78 Å². The monoisotopic (exact) mass is 154 g/mol. The Morgan fingerprint density at radius 3 is 1.40 bits per heavy atom. The van der Waals surface area contributed by atoms with Crippen LogP contribution in [-0.4, -0.2) is 0 Å². The smallest absolute Gasteiger partial charge is 0.263 e. The van der Waals surface area contributed by atoms with Gasteiger partial charge in [-0.25, -0.2) is 0 Å². The predicted octanol–water partition coefficient (Wildman–Crippen LogP) is 2.84. The summed E-state index contributed by atoms with van der Waals surface area (Å²) in [4.78, 5) is 0. The molecule has 0 unspecified atom stereocenters. The average Bonchev–Trinajstić information content (AvgIpc) is 1.66. The summed E-state index contributed by atoms with van der Waals surface area (Å²) in [7, 11) is 0. The SMILES string of the molecule is C=C(F)F.C=COC=C.F. The van der Waals surface area contributed by atoms with Crippen molar-refractivity contribution in [1.29, 1.82) is 0 Å². The Labute approximate surface area is 57.7 Å². The van der Waals surface area contributed by atoms with E-state index >= 15 is 0 Å². The van der Waals surface area contributed by atoms with Crippen molar-refractivity contribution >= 4 is 0 Å². The lowest BCUT2D eigenvalue weighted by atomic mass is 11.1. The van der Waals surface area contributed by atoms with E-state index in [1.165, 1.54) is 12.5 Å². The Bertz CT molecular complexity index is 91.2. The van der Waals surface area contributed by atoms with Gasteiger partial charge in [-0.05, 0) is 6.58 Å². The largest absolute Gasteiger partial charge is 0.474 e. The molecule has 10 heavy (non-hydrogen) atoms. The highest BCUT2D eigenvalue weighted by molar-refractivity contribution is 4.57. The van der Waals surface area contributed by atoms with E-state index in [0.717, 1.165) is 0 Å². The van der Waals surface area contributed by atoms with Crippen LogP contribution in [0.15, 0.2) is 38.3 Å². The van der Waals surface area contributed by atoms with Gasteiger partial charge in [0, 0.05) is 0 Å². The fourth-order valence-electron chi connectivity index (χ4n) is 0.0680. The van der Waals surface area contributed by atoms with Crippen molar-refractivity contribution < 1.29 is 18.2 Å². The van der Waals surface area contributed by atoms with Gasteiger partial charge in [-0.1, -0.05) is 13.2 Å². The van der Waals surface area contributed by atoms with Gasteiger partial charge in [0.05, 0.1) is 12.5 Å². The van der Waals surface area contributed by atoms with Crippen LogP contribution >= 0.6 is 0 Å². The fourth-order valence-corrected chi connectivity index (χ4v) is 0.0680. The van der Waals surface area contributed by atoms with Crippen LogP contribution in [0.3, 0.4) is 0 Å². The minimum atomic E-state index is -1.83. The van der Waals surface area contributed by atoms with Crippen molar-refractivity contribution in [1.82, 2.24) is 0 Å². The minimum absolute atomic E-state index is 0. The van der Waals surface area contributed by atoms with Gasteiger partial charge in [-0.3, -0.25) is 4.70 Å². The molecule has 0 saturated heterocycles. The van der Waals surface area contributed by atoms with E-state index in [2.05, 4.69) is 24.5 Å². The van der Waals surface area contributed by atoms with Gasteiger partial charge in [0.2, 0.25) is 0 Å². The zero-order chi connectivity index (χ0) is 7.70. The molecule has 0 atom stereocenters. The van der Waals surface area contributed by atoms with E-state index in [1.807, 2.05) is 0 Å². The fraction of sp³-hybridized carbons (Fsp3) is 0. The minimum Gasteiger partial charge on any atom is -0.474 e. The van der Waals surface area contributed by atoms with Crippen LogP contribution in [0, 0.1) is 0 Å². The Balaban J connectivity index is -0.0000000910. The molecule has 0 aliphatic carbocycles. The van der Waals surface area contributed by atoms with Crippen LogP contribution in [0.25, 0.3) is 0 Å². The number of rotatable bonds is 2. The van der Waals surface area contributed by atoms with Gasteiger partial charge in [-0.15, -0.1) is 0 Å². The van der Waals surface area contributed by atoms with Gasteiger partial charge >= 0.3 is 0 Å². The maximum absolute atomic E-state index is 10.1. The lowest BCUT2D eigenvalue weighted by molar-refractivity contribution is 0.406. The Morgan fingerprint density at radius 1 is 1.20 bits per heavy atom. The number of hydrogen-bond donors (Lipinski definition) is 0. The van der Waals surface area contributed by atoms with Crippen LogP contribution < -0.4 is 0 Å². The maximum atomic E-state index is 10.1. The molecular formula is C6H9F3O. The first-order valence-corrected chi connectivity index (χ1v) is 2.02. The molecule has 0 rings (SSSR count). The zero-order valence-electron chi connectivity index (χ0n) is 5.35. The Kier molecular flexibility index (Phi) is 24.9. The highest BCUT2D eigenvalue weighted by atomic mass is 19.3. The summed E-state index contributed by atoms with van der Waals surface area (Å²) in [5.74, 6) is 0. The summed E-state index contributed by atoms with van der Waals surface area (Å²) in [6.07, 6.45) is 0.792. The summed E-state index contributed by atoms with van der Waals surface area (Å²) < 4.78 is 24.6. The molecule has 4 heteroatoms. The summed E-state index contributed by atoms with van der Waals surface area (Å²) in [5.41, 5.74) is 0. The van der Waals surface area contributed by atoms with Crippen molar-refractivity contribution in [2.24, 2.45) is 0 Å². The predicted molar refractivity (Wildman–Crippen MR) is 35.3 cm³/mol. The van der Waals surface area contributed by atoms with Crippen LogP contribution in [0.1, 0.15) is 0 Å². The van der Waals surface area contributed by atoms with Crippen molar-refractivity contribution in [2.75, 3.05) is 0 Å². The van der Waals surface area contributed by atoms with Crippen LogP contribution in [0.5, 0.6) is 0 Å². The molecule has 0 aromatic heterocycles. The molecule has 0 aromatic rings. The number of hydrogen-bond acceptors (Lipinski definition) is 1. The Hall–Kier alpha value is -1.19. The highest BCUT2D eigenvalue weighted by Crippen LogP contribution is 1.85. The normalized spacial score (nSPS) is 5.40. The summed E-state index contributed by atoms with van der Waals surface area (Å²) >= 11 is 0. The van der Waals surface area contributed by atoms with E-state index in [-0.39, 0.29) is 4.70 Å². The second-order valence-corrected chi connectivity index (χ2v) is 0.808. The van der Waals surface area contributed by atoms with Crippen LogP contribution in [0.2, 0.25) is 0 Å². The maximum Gasteiger partial charge on any atom is 0.263 e. The average molecular weight is 154 g/mol. The molecule has 0 heterocycles. The lowest BCUT2D eigenvalue weighted by Gasteiger charge is -1.76. The topological polar surface area (TPSA) is 9.23 Å². The van der Waals surface area contributed by atoms with E-state index in [9.17, 15) is 8.78 Å². The van der Waals surface area contributed by atoms with Gasteiger partial charge in [0.15, 0.2) is 0 Å². The third-order valence-electron chi connectivity index (χ3n) is 0.192. The molecule has 0 aromatic carbocycles. The van der Waals surface area contributed by atoms with Gasteiger partial charge in [0.25, 0.3) is 6.08 Å². The quantitative estimate of drug-likeness (QED) is 0.555. The van der Waals surface area contributed by atoms with E-state index in [1.54, 1.807) is 0 Å². The van der Waals surface area contributed by atoms with Crippen molar-refractivity contribution in [3.05, 3.63) is 38.3 Å². The standard InChI is InChI=1S/C4H6O.C2H2F2.FH/c1-3-5-4-2;1-2(3)4;/h3-4H,1-2H2;1H2;1H. The summed E-state index contributed by atoms with van der Waals surface area (Å²) in [6.45, 7) is 8.74. The van der Waals surface area contributed by atoms with Crippen LogP contribution in [0.4, 0.5) is 13.5 Å². The molecule has 1 nitrogen and oxygen atoms in total. The third-order valence-corrected chi connectivity index (χ3v) is 0.192. The second kappa shape index (κ2) is 15.7. The summed E-state index contributed by atoms with van der Waals surface area (Å²) in [5, 5.41) is 0. The molecule has 0 saturated carbocycles. The first-order chi connectivity index (χ1) is 4.15. The molecule has 0 aliphatic rings. The number of halogens is 3. The first-order valence-electron chi connectivity index (χ1n) is 2.02. The first kappa shape index (κ1) is 15.9. The molecule has 0 aliphatic heterocycles. The zero-order valence-corrected chi connectivity index (χ0v) is 5.35. The highest BCUT2D eigenvalue weighted by Gasteiger charge is 1.65. The van der Waals surface area contributed by atoms with Gasteiger partial charge in [0.1, 0.15) is 0 Å². The number of ether oxygens (including phenoxy) is 1. The molecule has 0 bridgehead atoms. The lowest BCUT2D eigenvalue weighted by Crippen LogP contribution is -1.52. The third kappa shape index (κ3) is 350. The van der Waals surface area contributed by atoms with Crippen LogP contribution in [-0.2, 0) is 4.74 Å². The van der Waals surface area contributed by atoms with Crippen molar-refractivity contribution in [2.45, 2.75) is 0 Å². The Morgan fingerprint density at radius 2 is 1.40 bits per heavy atom. The second-order valence-electron chi connectivity index (χ2n) is 0.808. The van der Waals surface area contributed by atoms with E-state index in [0.29, 0.717) is 0 Å². The molecule has 60 valence electrons. The molecule has 0 amide bonds. The molecule has 0 spiro atoms. The molecule has 0 N–H and O–H groups in total. The molecule has 0 fully saturated rings. The van der Waals surface area contributed by atoms with E-state index in [4.69, 9.17) is 0 Å². The van der Waals surface area contributed by atoms with E-state index < -0.39 is 6.08 Å². The van der Waals surface area contributed by atoms with Gasteiger partial charge < -0.3 is 4.74 Å². The molecule has 0 radical (unpaired) electrons. The summed E-state index contributed by atoms with van der Waals surface area (Å²) in [6, 6.07) is 0. The van der Waals surface area contributed by atoms with Crippen molar-refractivity contribution in [3.63, 3.8) is 0 Å².